The third-order valence-electron chi connectivity index (χ3n) is 3.66. The van der Waals surface area contributed by atoms with Gasteiger partial charge in [-0.15, -0.1) is 12.8 Å². The molecule has 0 radical (unpaired) electrons. The lowest BCUT2D eigenvalue weighted by molar-refractivity contribution is -0.143. The first-order chi connectivity index (χ1) is 14.6. The van der Waals surface area contributed by atoms with Crippen LogP contribution in [0.2, 0.25) is 0 Å². The second-order valence-corrected chi connectivity index (χ2v) is 7.36. The van der Waals surface area contributed by atoms with Gasteiger partial charge in [-0.25, -0.2) is 9.59 Å². The smallest absolute Gasteiger partial charge is 0.346 e. The van der Waals surface area contributed by atoms with Gasteiger partial charge in [0.2, 0.25) is 0 Å². The summed E-state index contributed by atoms with van der Waals surface area (Å²) >= 11 is 0. The van der Waals surface area contributed by atoms with Crippen molar-refractivity contribution in [2.45, 2.75) is 46.3 Å². The first-order valence-electron chi connectivity index (χ1n) is 10.1. The number of allylic oxidation sites excluding steroid dienone is 4. The minimum atomic E-state index is -0.502. The Morgan fingerprint density at radius 1 is 0.806 bits per heavy atom. The summed E-state index contributed by atoms with van der Waals surface area (Å²) in [6, 6.07) is 0. The van der Waals surface area contributed by atoms with Gasteiger partial charge in [0.1, 0.15) is 11.1 Å². The van der Waals surface area contributed by atoms with Crippen LogP contribution >= 0.6 is 0 Å². The molecule has 0 amide bonds. The molecule has 0 aromatic heterocycles. The molecular formula is C25H34N2O4. The van der Waals surface area contributed by atoms with Crippen molar-refractivity contribution in [1.29, 1.82) is 0 Å². The molecule has 0 aromatic rings. The summed E-state index contributed by atoms with van der Waals surface area (Å²) in [5.41, 5.74) is 0.361. The zero-order chi connectivity index (χ0) is 23.8. The van der Waals surface area contributed by atoms with E-state index in [-0.39, 0.29) is 23.4 Å². The van der Waals surface area contributed by atoms with Crippen LogP contribution in [0.1, 0.15) is 34.1 Å². The molecule has 0 N–H and O–H groups in total. The fourth-order valence-corrected chi connectivity index (χ4v) is 2.20. The summed E-state index contributed by atoms with van der Waals surface area (Å²) in [6.07, 6.45) is 21.5. The molecule has 168 valence electrons. The Labute approximate surface area is 187 Å². The Hall–Kier alpha value is -3.38. The van der Waals surface area contributed by atoms with E-state index < -0.39 is 11.9 Å². The van der Waals surface area contributed by atoms with Gasteiger partial charge in [-0.3, -0.25) is 0 Å². The molecule has 0 bridgehead atoms. The van der Waals surface area contributed by atoms with Crippen LogP contribution in [-0.4, -0.2) is 61.1 Å². The van der Waals surface area contributed by atoms with E-state index in [1.807, 2.05) is 36.3 Å². The second-order valence-electron chi connectivity index (χ2n) is 7.36. The number of rotatable bonds is 12. The van der Waals surface area contributed by atoms with Gasteiger partial charge in [-0.05, 0) is 70.8 Å². The predicted molar refractivity (Wildman–Crippen MR) is 124 cm³/mol. The Bertz CT molecular complexity index is 723. The van der Waals surface area contributed by atoms with Crippen molar-refractivity contribution in [3.63, 3.8) is 0 Å². The van der Waals surface area contributed by atoms with Crippen molar-refractivity contribution < 1.29 is 19.1 Å². The van der Waals surface area contributed by atoms with Crippen LogP contribution in [0.25, 0.3) is 0 Å². The van der Waals surface area contributed by atoms with Crippen LogP contribution in [0.4, 0.5) is 0 Å². The number of nitrogens with zero attached hydrogens (tertiary/aromatic N) is 2. The molecule has 0 aliphatic rings. The summed E-state index contributed by atoms with van der Waals surface area (Å²) in [5, 5.41) is 0. The first kappa shape index (κ1) is 27.6. The average molecular weight is 427 g/mol. The van der Waals surface area contributed by atoms with E-state index in [2.05, 4.69) is 11.8 Å². The van der Waals surface area contributed by atoms with E-state index in [4.69, 9.17) is 22.3 Å². The Kier molecular flexibility index (Phi) is 13.8. The molecule has 0 aliphatic heterocycles. The molecule has 0 unspecified atom stereocenters. The van der Waals surface area contributed by atoms with Crippen molar-refractivity contribution in [3.8, 4) is 24.7 Å². The Morgan fingerprint density at radius 2 is 1.16 bits per heavy atom. The zero-order valence-corrected chi connectivity index (χ0v) is 19.4. The fourth-order valence-electron chi connectivity index (χ4n) is 2.20. The highest BCUT2D eigenvalue weighted by Gasteiger charge is 2.10. The van der Waals surface area contributed by atoms with E-state index in [0.29, 0.717) is 0 Å². The van der Waals surface area contributed by atoms with Crippen molar-refractivity contribution in [2.75, 3.05) is 27.2 Å². The van der Waals surface area contributed by atoms with E-state index in [9.17, 15) is 9.59 Å². The standard InChI is InChI=1S/C25H34N2O4/c1-9-22(24(28)30-20(3)4)14-11-16-26(7)18-13-19-27(8)17-12-15-23(10-2)25(29)31-21(5)6/h1-2,11-12,14-17,20-21H,13,18-19H2,3-8H3/b16-11+,17-12+,22-14+,23-15+. The maximum atomic E-state index is 11.8. The molecule has 0 aliphatic carbocycles. The minimum Gasteiger partial charge on any atom is -0.459 e. The highest BCUT2D eigenvalue weighted by molar-refractivity contribution is 5.94. The van der Waals surface area contributed by atoms with Crippen molar-refractivity contribution in [1.82, 2.24) is 9.80 Å². The molecule has 0 saturated carbocycles. The van der Waals surface area contributed by atoms with Gasteiger partial charge < -0.3 is 19.3 Å². The van der Waals surface area contributed by atoms with E-state index in [1.54, 1.807) is 52.0 Å². The van der Waals surface area contributed by atoms with Gasteiger partial charge in [0.25, 0.3) is 0 Å². The minimum absolute atomic E-state index is 0.180. The SMILES string of the molecule is C#C/C(=C\C=C\N(C)CCCN(C)/C=C/C=C(\C#C)C(=O)OC(C)C)C(=O)OC(C)C. The Morgan fingerprint density at radius 3 is 1.45 bits per heavy atom. The number of carbonyl (C=O) groups is 2. The Balaban J connectivity index is 4.52. The number of hydrogen-bond donors (Lipinski definition) is 0. The topological polar surface area (TPSA) is 59.1 Å². The lowest BCUT2D eigenvalue weighted by atomic mass is 10.2. The quantitative estimate of drug-likeness (QED) is 0.207. The number of carbonyl (C=O) groups excluding carboxylic acids is 2. The van der Waals surface area contributed by atoms with E-state index >= 15 is 0 Å². The van der Waals surface area contributed by atoms with Gasteiger partial charge in [0.05, 0.1) is 12.2 Å². The van der Waals surface area contributed by atoms with Crippen LogP contribution in [0.3, 0.4) is 0 Å². The molecule has 0 rings (SSSR count). The van der Waals surface area contributed by atoms with Gasteiger partial charge >= 0.3 is 11.9 Å². The van der Waals surface area contributed by atoms with Crippen LogP contribution < -0.4 is 0 Å². The van der Waals surface area contributed by atoms with Crippen LogP contribution in [0.5, 0.6) is 0 Å². The van der Waals surface area contributed by atoms with Crippen molar-refractivity contribution in [2.24, 2.45) is 0 Å². The van der Waals surface area contributed by atoms with E-state index in [1.165, 1.54) is 0 Å². The van der Waals surface area contributed by atoms with Gasteiger partial charge in [-0.2, -0.15) is 0 Å². The number of ether oxygens (including phenoxy) is 2. The average Bonchev–Trinajstić information content (AvgIpc) is 2.67. The zero-order valence-electron chi connectivity index (χ0n) is 19.4. The molecule has 0 heterocycles. The lowest BCUT2D eigenvalue weighted by Crippen LogP contribution is -2.19. The molecule has 31 heavy (non-hydrogen) atoms. The fraction of sp³-hybridized carbons (Fsp3) is 0.440. The number of esters is 2. The van der Waals surface area contributed by atoms with Crippen LogP contribution in [-0.2, 0) is 19.1 Å². The summed E-state index contributed by atoms with van der Waals surface area (Å²) < 4.78 is 10.2. The van der Waals surface area contributed by atoms with Gasteiger partial charge in [0, 0.05) is 27.2 Å². The normalized spacial score (nSPS) is 12.2. The van der Waals surface area contributed by atoms with Crippen molar-refractivity contribution in [3.05, 3.63) is 47.9 Å². The first-order valence-corrected chi connectivity index (χ1v) is 10.1. The highest BCUT2D eigenvalue weighted by Crippen LogP contribution is 2.03. The molecule has 0 spiro atoms. The molecule has 0 fully saturated rings. The summed E-state index contributed by atoms with van der Waals surface area (Å²) in [7, 11) is 3.87. The second kappa shape index (κ2) is 15.5. The lowest BCUT2D eigenvalue weighted by Gasteiger charge is -2.17. The largest absolute Gasteiger partial charge is 0.459 e. The molecule has 0 aromatic carbocycles. The van der Waals surface area contributed by atoms with Gasteiger partial charge in [0.15, 0.2) is 0 Å². The van der Waals surface area contributed by atoms with Crippen LogP contribution in [0, 0.1) is 24.7 Å². The molecule has 6 heteroatoms. The predicted octanol–water partition coefficient (Wildman–Crippen LogP) is 3.29. The van der Waals surface area contributed by atoms with Crippen LogP contribution in [0.15, 0.2) is 47.9 Å². The number of hydrogen-bond acceptors (Lipinski definition) is 6. The summed E-state index contributed by atoms with van der Waals surface area (Å²) in [4.78, 5) is 27.6. The monoisotopic (exact) mass is 426 g/mol. The molecular weight excluding hydrogens is 392 g/mol. The summed E-state index contributed by atoms with van der Waals surface area (Å²) in [6.45, 7) is 8.69. The molecule has 0 saturated heterocycles. The number of terminal acetylenes is 2. The molecule has 6 nitrogen and oxygen atoms in total. The summed E-state index contributed by atoms with van der Waals surface area (Å²) in [5.74, 6) is 3.68. The van der Waals surface area contributed by atoms with Gasteiger partial charge in [-0.1, -0.05) is 11.8 Å². The molecule has 0 atom stereocenters. The van der Waals surface area contributed by atoms with Crippen molar-refractivity contribution >= 4 is 11.9 Å². The third-order valence-corrected chi connectivity index (χ3v) is 3.66. The maximum absolute atomic E-state index is 11.8. The third kappa shape index (κ3) is 13.5. The maximum Gasteiger partial charge on any atom is 0.346 e. The highest BCUT2D eigenvalue weighted by atomic mass is 16.5. The van der Waals surface area contributed by atoms with E-state index in [0.717, 1.165) is 19.5 Å².